The topological polar surface area (TPSA) is 64.3 Å². The number of nitrogens with one attached hydrogen (secondary N) is 1. The summed E-state index contributed by atoms with van der Waals surface area (Å²) in [6.45, 7) is 1.86. The van der Waals surface area contributed by atoms with Crippen LogP contribution >= 0.6 is 27.5 Å². The Morgan fingerprint density at radius 1 is 1.33 bits per heavy atom. The van der Waals surface area contributed by atoms with E-state index in [0.717, 1.165) is 10.0 Å². The fourth-order valence-electron chi connectivity index (χ4n) is 1.69. The highest BCUT2D eigenvalue weighted by molar-refractivity contribution is 9.10. The Hall–Kier alpha value is -1.72. The van der Waals surface area contributed by atoms with Gasteiger partial charge in [0.15, 0.2) is 6.61 Å². The lowest BCUT2D eigenvalue weighted by atomic mass is 10.2. The second-order valence-corrected chi connectivity index (χ2v) is 5.77. The Labute approximate surface area is 136 Å². The fraction of sp³-hybridized carbons (Fsp3) is 0.133. The van der Waals surface area contributed by atoms with Crippen LogP contribution in [0.15, 0.2) is 40.9 Å². The number of anilines is 2. The quantitative estimate of drug-likeness (QED) is 0.800. The summed E-state index contributed by atoms with van der Waals surface area (Å²) in [4.78, 5) is 11.8. The molecule has 0 unspecified atom stereocenters. The molecule has 0 fully saturated rings. The van der Waals surface area contributed by atoms with Crippen molar-refractivity contribution in [3.05, 3.63) is 51.5 Å². The highest BCUT2D eigenvalue weighted by Crippen LogP contribution is 2.23. The second-order valence-electron chi connectivity index (χ2n) is 4.48. The van der Waals surface area contributed by atoms with Crippen molar-refractivity contribution in [3.63, 3.8) is 0 Å². The van der Waals surface area contributed by atoms with Gasteiger partial charge >= 0.3 is 0 Å². The van der Waals surface area contributed by atoms with Crippen LogP contribution in [0.5, 0.6) is 5.75 Å². The summed E-state index contributed by atoms with van der Waals surface area (Å²) in [6, 6.07) is 10.4. The standard InChI is InChI=1S/C15H14BrClN2O2/c1-9-6-11(3-4-12(9)16)21-8-15(20)19-14-5-2-10(17)7-13(14)18/h2-7H,8,18H2,1H3,(H,19,20). The zero-order chi connectivity index (χ0) is 15.4. The predicted molar refractivity (Wildman–Crippen MR) is 88.9 cm³/mol. The van der Waals surface area contributed by atoms with Crippen molar-refractivity contribution in [2.75, 3.05) is 17.7 Å². The number of halogens is 2. The van der Waals surface area contributed by atoms with Crippen molar-refractivity contribution in [2.45, 2.75) is 6.92 Å². The van der Waals surface area contributed by atoms with E-state index in [2.05, 4.69) is 21.2 Å². The number of carbonyl (C=O) groups excluding carboxylic acids is 1. The molecule has 2 aromatic rings. The van der Waals surface area contributed by atoms with Gasteiger partial charge in [-0.25, -0.2) is 0 Å². The molecule has 0 heterocycles. The third-order valence-corrected chi connectivity index (χ3v) is 3.91. The summed E-state index contributed by atoms with van der Waals surface area (Å²) in [7, 11) is 0. The predicted octanol–water partition coefficient (Wildman–Crippen LogP) is 4.01. The first-order valence-corrected chi connectivity index (χ1v) is 7.36. The number of amides is 1. The van der Waals surface area contributed by atoms with Gasteiger partial charge in [-0.15, -0.1) is 0 Å². The lowest BCUT2D eigenvalue weighted by Gasteiger charge is -2.10. The molecule has 110 valence electrons. The number of nitrogens with two attached hydrogens (primary N) is 1. The molecular formula is C15H14BrClN2O2. The van der Waals surface area contributed by atoms with Gasteiger partial charge < -0.3 is 15.8 Å². The molecule has 0 spiro atoms. The molecule has 0 aromatic heterocycles. The largest absolute Gasteiger partial charge is 0.484 e. The van der Waals surface area contributed by atoms with E-state index >= 15 is 0 Å². The van der Waals surface area contributed by atoms with Crippen molar-refractivity contribution in [1.82, 2.24) is 0 Å². The smallest absolute Gasteiger partial charge is 0.262 e. The first kappa shape index (κ1) is 15.7. The highest BCUT2D eigenvalue weighted by atomic mass is 79.9. The van der Waals surface area contributed by atoms with Gasteiger partial charge in [-0.2, -0.15) is 0 Å². The van der Waals surface area contributed by atoms with E-state index in [1.54, 1.807) is 24.3 Å². The van der Waals surface area contributed by atoms with Crippen molar-refractivity contribution >= 4 is 44.8 Å². The summed E-state index contributed by atoms with van der Waals surface area (Å²) in [5.74, 6) is 0.347. The van der Waals surface area contributed by atoms with Crippen LogP contribution < -0.4 is 15.8 Å². The van der Waals surface area contributed by atoms with E-state index in [-0.39, 0.29) is 12.5 Å². The van der Waals surface area contributed by atoms with Gasteiger partial charge in [-0.05, 0) is 48.9 Å². The molecule has 0 saturated carbocycles. The van der Waals surface area contributed by atoms with Crippen molar-refractivity contribution < 1.29 is 9.53 Å². The SMILES string of the molecule is Cc1cc(OCC(=O)Nc2ccc(Cl)cc2N)ccc1Br. The fourth-order valence-corrected chi connectivity index (χ4v) is 2.12. The van der Waals surface area contributed by atoms with Crippen LogP contribution in [-0.4, -0.2) is 12.5 Å². The van der Waals surface area contributed by atoms with Crippen LogP contribution in [0.3, 0.4) is 0 Å². The highest BCUT2D eigenvalue weighted by Gasteiger charge is 2.07. The summed E-state index contributed by atoms with van der Waals surface area (Å²) in [5.41, 5.74) is 7.73. The molecule has 4 nitrogen and oxygen atoms in total. The molecule has 0 aliphatic rings. The molecule has 0 atom stereocenters. The minimum absolute atomic E-state index is 0.0941. The van der Waals surface area contributed by atoms with Gasteiger partial charge in [-0.1, -0.05) is 27.5 Å². The van der Waals surface area contributed by atoms with Gasteiger partial charge in [0.1, 0.15) is 5.75 Å². The number of nitrogen functional groups attached to an aromatic ring is 1. The van der Waals surface area contributed by atoms with Crippen molar-refractivity contribution in [2.24, 2.45) is 0 Å². The maximum Gasteiger partial charge on any atom is 0.262 e. The average Bonchev–Trinajstić information content (AvgIpc) is 2.43. The molecule has 0 radical (unpaired) electrons. The molecule has 2 rings (SSSR count). The summed E-state index contributed by atoms with van der Waals surface area (Å²) < 4.78 is 6.43. The lowest BCUT2D eigenvalue weighted by molar-refractivity contribution is -0.118. The molecule has 1 amide bonds. The van der Waals surface area contributed by atoms with Gasteiger partial charge in [0.05, 0.1) is 11.4 Å². The molecule has 0 aliphatic heterocycles. The van der Waals surface area contributed by atoms with Crippen LogP contribution in [0, 0.1) is 6.92 Å². The zero-order valence-electron chi connectivity index (χ0n) is 11.3. The Morgan fingerprint density at radius 2 is 2.10 bits per heavy atom. The number of rotatable bonds is 4. The molecule has 21 heavy (non-hydrogen) atoms. The number of hydrogen-bond donors (Lipinski definition) is 2. The number of carbonyl (C=O) groups is 1. The van der Waals surface area contributed by atoms with Crippen LogP contribution in [-0.2, 0) is 4.79 Å². The first-order chi connectivity index (χ1) is 9.95. The second kappa shape index (κ2) is 6.83. The molecule has 6 heteroatoms. The number of benzene rings is 2. The van der Waals surface area contributed by atoms with Crippen LogP contribution in [0.4, 0.5) is 11.4 Å². The van der Waals surface area contributed by atoms with Gasteiger partial charge in [-0.3, -0.25) is 4.79 Å². The Kier molecular flexibility index (Phi) is 5.09. The first-order valence-electron chi connectivity index (χ1n) is 6.19. The molecule has 0 saturated heterocycles. The van der Waals surface area contributed by atoms with Crippen molar-refractivity contribution in [1.29, 1.82) is 0 Å². The molecule has 0 bridgehead atoms. The van der Waals surface area contributed by atoms with Crippen LogP contribution in [0.1, 0.15) is 5.56 Å². The zero-order valence-corrected chi connectivity index (χ0v) is 13.7. The third kappa shape index (κ3) is 4.37. The number of aryl methyl sites for hydroxylation is 1. The van der Waals surface area contributed by atoms with E-state index in [4.69, 9.17) is 22.1 Å². The average molecular weight is 370 g/mol. The van der Waals surface area contributed by atoms with Crippen molar-refractivity contribution in [3.8, 4) is 5.75 Å². The van der Waals surface area contributed by atoms with E-state index < -0.39 is 0 Å². The molecule has 0 aliphatic carbocycles. The van der Waals surface area contributed by atoms with E-state index in [9.17, 15) is 4.79 Å². The monoisotopic (exact) mass is 368 g/mol. The minimum Gasteiger partial charge on any atom is -0.484 e. The Bertz CT molecular complexity index is 677. The Morgan fingerprint density at radius 3 is 2.76 bits per heavy atom. The molecule has 2 aromatic carbocycles. The van der Waals surface area contributed by atoms with E-state index in [1.807, 2.05) is 19.1 Å². The minimum atomic E-state index is -0.287. The summed E-state index contributed by atoms with van der Waals surface area (Å²) in [5, 5.41) is 3.20. The molecular weight excluding hydrogens is 356 g/mol. The van der Waals surface area contributed by atoms with Crippen LogP contribution in [0.25, 0.3) is 0 Å². The maximum absolute atomic E-state index is 11.8. The number of ether oxygens (including phenoxy) is 1. The summed E-state index contributed by atoms with van der Waals surface area (Å²) >= 11 is 9.21. The van der Waals surface area contributed by atoms with Gasteiger partial charge in [0, 0.05) is 9.50 Å². The third-order valence-electron chi connectivity index (χ3n) is 2.79. The normalized spacial score (nSPS) is 10.2. The molecule has 3 N–H and O–H groups in total. The van der Waals surface area contributed by atoms with E-state index in [1.165, 1.54) is 0 Å². The van der Waals surface area contributed by atoms with Gasteiger partial charge in [0.25, 0.3) is 5.91 Å². The summed E-state index contributed by atoms with van der Waals surface area (Å²) in [6.07, 6.45) is 0. The maximum atomic E-state index is 11.8. The Balaban J connectivity index is 1.94. The van der Waals surface area contributed by atoms with Gasteiger partial charge in [0.2, 0.25) is 0 Å². The van der Waals surface area contributed by atoms with E-state index in [0.29, 0.717) is 22.1 Å². The van der Waals surface area contributed by atoms with Crippen LogP contribution in [0.2, 0.25) is 5.02 Å². The lowest BCUT2D eigenvalue weighted by Crippen LogP contribution is -2.20. The number of hydrogen-bond acceptors (Lipinski definition) is 3.